The Kier molecular flexibility index (Phi) is 6.63. The lowest BCUT2D eigenvalue weighted by Gasteiger charge is -2.35. The van der Waals surface area contributed by atoms with Gasteiger partial charge in [-0.25, -0.2) is 14.4 Å². The van der Waals surface area contributed by atoms with Gasteiger partial charge in [0.15, 0.2) is 5.13 Å². The minimum Gasteiger partial charge on any atom is -0.361 e. The summed E-state index contributed by atoms with van der Waals surface area (Å²) in [6.07, 6.45) is 3.09. The molecule has 4 heterocycles. The zero-order valence-corrected chi connectivity index (χ0v) is 23.4. The Balaban J connectivity index is 1.56. The molecule has 6 rings (SSSR count). The van der Waals surface area contributed by atoms with Crippen molar-refractivity contribution in [2.24, 2.45) is 0 Å². The number of fused-ring (bicyclic) bond motifs is 1. The zero-order valence-electron chi connectivity index (χ0n) is 21.9. The van der Waals surface area contributed by atoms with Gasteiger partial charge in [0.25, 0.3) is 5.91 Å². The van der Waals surface area contributed by atoms with Gasteiger partial charge in [-0.05, 0) is 62.6 Å². The first-order valence-electron chi connectivity index (χ1n) is 12.7. The van der Waals surface area contributed by atoms with E-state index in [0.717, 1.165) is 22.3 Å². The molecule has 1 N–H and O–H groups in total. The van der Waals surface area contributed by atoms with Gasteiger partial charge in [-0.1, -0.05) is 34.2 Å². The number of hydrogen-bond acceptors (Lipinski definition) is 7. The first-order chi connectivity index (χ1) is 19.3. The van der Waals surface area contributed by atoms with E-state index in [9.17, 15) is 14.0 Å². The van der Waals surface area contributed by atoms with Crippen molar-refractivity contribution >= 4 is 51.5 Å². The minimum atomic E-state index is -0.607. The average molecular weight is 579 g/mol. The fourth-order valence-corrected chi connectivity index (χ4v) is 6.25. The number of aryl methyl sites for hydroxylation is 2. The highest BCUT2D eigenvalue weighted by molar-refractivity contribution is 7.16. The van der Waals surface area contributed by atoms with Crippen LogP contribution in [0, 0.1) is 19.7 Å². The third-order valence-electron chi connectivity index (χ3n) is 7.07. The van der Waals surface area contributed by atoms with Crippen molar-refractivity contribution in [1.29, 1.82) is 0 Å². The molecule has 0 unspecified atom stereocenters. The Morgan fingerprint density at radius 2 is 2.05 bits per heavy atom. The second-order valence-electron chi connectivity index (χ2n) is 9.56. The number of piperidine rings is 1. The summed E-state index contributed by atoms with van der Waals surface area (Å²) in [5.74, 6) is 0.260. The van der Waals surface area contributed by atoms with E-state index in [1.807, 2.05) is 36.6 Å². The van der Waals surface area contributed by atoms with Gasteiger partial charge in [0.1, 0.15) is 22.3 Å². The smallest absolute Gasteiger partial charge is 0.262 e. The van der Waals surface area contributed by atoms with Crippen molar-refractivity contribution in [3.05, 3.63) is 75.6 Å². The molecule has 1 atom stereocenters. The lowest BCUT2D eigenvalue weighted by atomic mass is 9.99. The number of halogens is 2. The quantitative estimate of drug-likeness (QED) is 0.267. The Morgan fingerprint density at radius 1 is 1.23 bits per heavy atom. The van der Waals surface area contributed by atoms with E-state index >= 15 is 0 Å². The Bertz CT molecular complexity index is 1770. The number of imidazole rings is 1. The first kappa shape index (κ1) is 26.1. The van der Waals surface area contributed by atoms with Gasteiger partial charge in [0.05, 0.1) is 34.0 Å². The predicted molar refractivity (Wildman–Crippen MR) is 151 cm³/mol. The summed E-state index contributed by atoms with van der Waals surface area (Å²) in [4.78, 5) is 37.3. The molecular formula is C28H24ClFN6O3S. The number of carbonyl (C=O) groups is 2. The van der Waals surface area contributed by atoms with Crippen molar-refractivity contribution in [3.8, 4) is 16.3 Å². The second-order valence-corrected chi connectivity index (χ2v) is 11.0. The predicted octanol–water partition coefficient (Wildman–Crippen LogP) is 6.16. The molecule has 1 aliphatic rings. The van der Waals surface area contributed by atoms with Gasteiger partial charge in [-0.3, -0.25) is 14.2 Å². The summed E-state index contributed by atoms with van der Waals surface area (Å²) in [5, 5.41) is 7.21. The minimum absolute atomic E-state index is 0.0200. The monoisotopic (exact) mass is 578 g/mol. The molecule has 2 amide bonds. The zero-order chi connectivity index (χ0) is 28.1. The third-order valence-corrected chi connectivity index (χ3v) is 8.35. The van der Waals surface area contributed by atoms with E-state index in [0.29, 0.717) is 52.1 Å². The van der Waals surface area contributed by atoms with Gasteiger partial charge >= 0.3 is 0 Å². The van der Waals surface area contributed by atoms with Gasteiger partial charge in [-0.15, -0.1) is 0 Å². The van der Waals surface area contributed by atoms with Crippen LogP contribution >= 0.6 is 22.9 Å². The molecular weight excluding hydrogens is 555 g/mol. The van der Waals surface area contributed by atoms with Crippen LogP contribution in [0.5, 0.6) is 0 Å². The van der Waals surface area contributed by atoms with Crippen LogP contribution in [0.1, 0.15) is 52.3 Å². The first-order valence-corrected chi connectivity index (χ1v) is 13.9. The topological polar surface area (TPSA) is 106 Å². The fourth-order valence-electron chi connectivity index (χ4n) is 5.24. The maximum atomic E-state index is 14.5. The average Bonchev–Trinajstić information content (AvgIpc) is 3.66. The summed E-state index contributed by atoms with van der Waals surface area (Å²) in [7, 11) is 1.56. The summed E-state index contributed by atoms with van der Waals surface area (Å²) in [6.45, 7) is 3.74. The summed E-state index contributed by atoms with van der Waals surface area (Å²) in [6, 6.07) is 9.69. The van der Waals surface area contributed by atoms with Gasteiger partial charge in [-0.2, -0.15) is 0 Å². The molecule has 3 aromatic heterocycles. The van der Waals surface area contributed by atoms with Crippen molar-refractivity contribution in [2.75, 3.05) is 11.9 Å². The number of hydrogen-bond donors (Lipinski definition) is 1. The number of rotatable bonds is 5. The number of anilines is 1. The van der Waals surface area contributed by atoms with Crippen LogP contribution in [0.25, 0.3) is 27.3 Å². The lowest BCUT2D eigenvalue weighted by molar-refractivity contribution is -0.120. The van der Waals surface area contributed by atoms with Gasteiger partial charge in [0.2, 0.25) is 5.91 Å². The van der Waals surface area contributed by atoms with Crippen LogP contribution in [0.3, 0.4) is 0 Å². The molecule has 0 bridgehead atoms. The van der Waals surface area contributed by atoms with E-state index < -0.39 is 11.9 Å². The highest BCUT2D eigenvalue weighted by Crippen LogP contribution is 2.40. The van der Waals surface area contributed by atoms with Crippen LogP contribution in [0.15, 0.2) is 47.1 Å². The summed E-state index contributed by atoms with van der Waals surface area (Å²) in [5.41, 5.74) is 4.37. The van der Waals surface area contributed by atoms with Crippen molar-refractivity contribution < 1.29 is 18.5 Å². The summed E-state index contributed by atoms with van der Waals surface area (Å²) >= 11 is 7.16. The van der Waals surface area contributed by atoms with Crippen molar-refractivity contribution in [2.45, 2.75) is 39.2 Å². The van der Waals surface area contributed by atoms with Crippen molar-refractivity contribution in [3.63, 3.8) is 0 Å². The molecule has 0 radical (unpaired) electrons. The number of nitrogens with zero attached hydrogens (tertiary/aromatic N) is 5. The normalized spacial score (nSPS) is 15.7. The van der Waals surface area contributed by atoms with Crippen LogP contribution in [0.2, 0.25) is 5.02 Å². The SMILES string of the molecule is CNC(=O)c1cnc(-n2c([C@@H]3CCCC(=O)N3c3ccc(Cl)c(F)c3)nc3cc(-c4c(C)noc4C)ccc32)s1. The van der Waals surface area contributed by atoms with Crippen LogP contribution < -0.4 is 10.2 Å². The molecule has 0 spiro atoms. The number of amides is 2. The van der Waals surface area contributed by atoms with E-state index in [2.05, 4.69) is 15.5 Å². The molecule has 40 heavy (non-hydrogen) atoms. The molecule has 1 fully saturated rings. The summed E-state index contributed by atoms with van der Waals surface area (Å²) < 4.78 is 21.8. The van der Waals surface area contributed by atoms with E-state index in [1.54, 1.807) is 18.0 Å². The molecule has 5 aromatic rings. The lowest BCUT2D eigenvalue weighted by Crippen LogP contribution is -2.39. The molecule has 0 aliphatic carbocycles. The van der Waals surface area contributed by atoms with Crippen LogP contribution in [0.4, 0.5) is 10.1 Å². The van der Waals surface area contributed by atoms with E-state index in [-0.39, 0.29) is 16.8 Å². The Morgan fingerprint density at radius 3 is 2.77 bits per heavy atom. The highest BCUT2D eigenvalue weighted by atomic mass is 35.5. The Hall–Kier alpha value is -4.09. The molecule has 9 nitrogen and oxygen atoms in total. The van der Waals surface area contributed by atoms with Crippen LogP contribution in [-0.4, -0.2) is 38.6 Å². The molecule has 2 aromatic carbocycles. The highest BCUT2D eigenvalue weighted by Gasteiger charge is 2.35. The molecule has 0 saturated carbocycles. The number of benzene rings is 2. The largest absolute Gasteiger partial charge is 0.361 e. The third kappa shape index (κ3) is 4.35. The molecule has 204 valence electrons. The van der Waals surface area contributed by atoms with E-state index in [4.69, 9.17) is 21.1 Å². The number of nitrogens with one attached hydrogen (secondary N) is 1. The maximum Gasteiger partial charge on any atom is 0.262 e. The fraction of sp³-hybridized carbons (Fsp3) is 0.250. The van der Waals surface area contributed by atoms with Crippen LogP contribution in [-0.2, 0) is 4.79 Å². The molecule has 1 saturated heterocycles. The van der Waals surface area contributed by atoms with Gasteiger partial charge < -0.3 is 14.7 Å². The molecule has 12 heteroatoms. The van der Waals surface area contributed by atoms with Gasteiger partial charge in [0, 0.05) is 24.7 Å². The standard InChI is InChI=1S/C28H24ClFN6O3S/c1-14-25(15(2)39-34-14)16-7-10-21-20(11-16)33-26(36(21)28-32-13-23(40-28)27(38)31-3)22-5-4-6-24(37)35(22)17-8-9-18(29)19(30)12-17/h7-13,22H,4-6H2,1-3H3,(H,31,38)/t22-/m0/s1. The number of aromatic nitrogens is 4. The second kappa shape index (κ2) is 10.1. The molecule has 1 aliphatic heterocycles. The number of thiazole rings is 1. The Labute approximate surface area is 237 Å². The van der Waals surface area contributed by atoms with E-state index in [1.165, 1.54) is 29.7 Å². The maximum absolute atomic E-state index is 14.5. The number of carbonyl (C=O) groups excluding carboxylic acids is 2. The van der Waals surface area contributed by atoms with Crippen molar-refractivity contribution in [1.82, 2.24) is 25.0 Å².